The number of nitrogens with zero attached hydrogens (tertiary/aromatic N) is 4. The Bertz CT molecular complexity index is 1290. The Morgan fingerprint density at radius 2 is 1.81 bits per heavy atom. The highest BCUT2D eigenvalue weighted by Crippen LogP contribution is 2.33. The summed E-state index contributed by atoms with van der Waals surface area (Å²) in [5.74, 6) is -0.797. The van der Waals surface area contributed by atoms with Crippen molar-refractivity contribution in [3.8, 4) is 0 Å². The van der Waals surface area contributed by atoms with Crippen molar-refractivity contribution in [1.82, 2.24) is 15.1 Å². The van der Waals surface area contributed by atoms with E-state index in [4.69, 9.17) is 4.74 Å². The van der Waals surface area contributed by atoms with Gasteiger partial charge in [0.2, 0.25) is 5.91 Å². The van der Waals surface area contributed by atoms with Gasteiger partial charge in [-0.25, -0.2) is 13.2 Å². The van der Waals surface area contributed by atoms with Crippen molar-refractivity contribution in [3.63, 3.8) is 0 Å². The zero-order chi connectivity index (χ0) is 26.3. The second kappa shape index (κ2) is 10.2. The van der Waals surface area contributed by atoms with E-state index in [-0.39, 0.29) is 29.5 Å². The van der Waals surface area contributed by atoms with Crippen LogP contribution in [0.3, 0.4) is 0 Å². The fourth-order valence-corrected chi connectivity index (χ4v) is 5.30. The van der Waals surface area contributed by atoms with Gasteiger partial charge in [-0.05, 0) is 39.0 Å². The third kappa shape index (κ3) is 4.82. The van der Waals surface area contributed by atoms with E-state index in [0.29, 0.717) is 37.5 Å². The normalized spacial score (nSPS) is 21.3. The van der Waals surface area contributed by atoms with Crippen LogP contribution in [-0.2, 0) is 9.53 Å². The first kappa shape index (κ1) is 25.3. The number of carbonyl (C=O) groups is 1. The third-order valence-corrected chi connectivity index (χ3v) is 7.28. The van der Waals surface area contributed by atoms with Crippen molar-refractivity contribution in [2.24, 2.45) is 5.92 Å². The fourth-order valence-electron chi connectivity index (χ4n) is 5.30. The van der Waals surface area contributed by atoms with Crippen LogP contribution in [0.25, 0.3) is 10.9 Å². The van der Waals surface area contributed by atoms with Crippen LogP contribution in [0.4, 0.5) is 24.5 Å². The topological polar surface area (TPSA) is 70.6 Å². The average Bonchev–Trinajstić information content (AvgIpc) is 2.82. The molecule has 2 aliphatic heterocycles. The summed E-state index contributed by atoms with van der Waals surface area (Å²) < 4.78 is 46.4. The number of hydrogen-bond donors (Lipinski definition) is 1. The van der Waals surface area contributed by atoms with Gasteiger partial charge in [0.05, 0.1) is 48.1 Å². The predicted octanol–water partition coefficient (Wildman–Crippen LogP) is 4.95. The zero-order valence-electron chi connectivity index (χ0n) is 21.0. The van der Waals surface area contributed by atoms with Crippen molar-refractivity contribution in [2.75, 3.05) is 36.5 Å². The van der Waals surface area contributed by atoms with Crippen LogP contribution in [0.5, 0.6) is 0 Å². The summed E-state index contributed by atoms with van der Waals surface area (Å²) in [6.45, 7) is 8.18. The van der Waals surface area contributed by atoms with Crippen molar-refractivity contribution in [1.29, 1.82) is 0 Å². The summed E-state index contributed by atoms with van der Waals surface area (Å²) >= 11 is 0. The van der Waals surface area contributed by atoms with Crippen LogP contribution in [0.15, 0.2) is 42.6 Å². The molecule has 196 valence electrons. The largest absolute Gasteiger partial charge is 0.380 e. The molecule has 37 heavy (non-hydrogen) atoms. The number of anilines is 2. The highest BCUT2D eigenvalue weighted by Gasteiger charge is 2.38. The van der Waals surface area contributed by atoms with Gasteiger partial charge in [-0.15, -0.1) is 0 Å². The Hall–Kier alpha value is -3.40. The van der Waals surface area contributed by atoms with Crippen LogP contribution in [0, 0.1) is 11.7 Å². The van der Waals surface area contributed by atoms with Gasteiger partial charge >= 0.3 is 0 Å². The van der Waals surface area contributed by atoms with E-state index in [1.165, 1.54) is 12.1 Å². The minimum Gasteiger partial charge on any atom is -0.380 e. The van der Waals surface area contributed by atoms with E-state index in [9.17, 15) is 18.0 Å². The van der Waals surface area contributed by atoms with Gasteiger partial charge in [0.1, 0.15) is 5.82 Å². The van der Waals surface area contributed by atoms with Crippen molar-refractivity contribution in [2.45, 2.75) is 45.3 Å². The lowest BCUT2D eigenvalue weighted by Crippen LogP contribution is -2.61. The van der Waals surface area contributed by atoms with Gasteiger partial charge in [-0.2, -0.15) is 10.2 Å². The molecule has 2 aliphatic rings. The number of halogens is 3. The van der Waals surface area contributed by atoms with Gasteiger partial charge in [0.15, 0.2) is 0 Å². The number of rotatable bonds is 6. The summed E-state index contributed by atoms with van der Waals surface area (Å²) in [6.07, 6.45) is -1.33. The number of aromatic nitrogens is 2. The molecule has 0 spiro atoms. The van der Waals surface area contributed by atoms with Gasteiger partial charge in [0, 0.05) is 41.8 Å². The van der Waals surface area contributed by atoms with Gasteiger partial charge in [0.25, 0.3) is 6.43 Å². The Kier molecular flexibility index (Phi) is 6.94. The molecule has 5 rings (SSSR count). The molecule has 1 N–H and O–H groups in total. The fraction of sp³-hybridized carbons (Fsp3) is 0.444. The molecule has 0 bridgehead atoms. The second-order valence-electron chi connectivity index (χ2n) is 9.96. The number of carbonyl (C=O) groups excluding carboxylic acids is 1. The third-order valence-electron chi connectivity index (χ3n) is 7.28. The van der Waals surface area contributed by atoms with Crippen molar-refractivity contribution < 1.29 is 22.7 Å². The van der Waals surface area contributed by atoms with Gasteiger partial charge in [-0.3, -0.25) is 4.79 Å². The molecule has 3 atom stereocenters. The molecule has 2 saturated heterocycles. The van der Waals surface area contributed by atoms with Crippen LogP contribution in [0.1, 0.15) is 44.4 Å². The summed E-state index contributed by atoms with van der Waals surface area (Å²) in [5, 5.41) is 12.3. The van der Waals surface area contributed by atoms with Crippen LogP contribution in [0.2, 0.25) is 0 Å². The molecular weight excluding hydrogens is 483 g/mol. The lowest BCUT2D eigenvalue weighted by molar-refractivity contribution is -0.154. The zero-order valence-corrected chi connectivity index (χ0v) is 21.0. The average molecular weight is 514 g/mol. The molecule has 2 aromatic carbocycles. The maximum atomic E-state index is 14.7. The molecule has 10 heteroatoms. The molecular formula is C27H30F3N5O2. The lowest BCUT2D eigenvalue weighted by atomic mass is 10.0. The molecule has 1 amide bonds. The first-order valence-electron chi connectivity index (χ1n) is 12.5. The molecule has 3 aromatic rings. The SMILES string of the molecule is C[C@@H]1CN(c2ccc3nncc(N[C@H](C)c4cccc(C(F)F)c4F)c3c2)C[C@H](C)N1C(=O)C1COC1. The predicted molar refractivity (Wildman–Crippen MR) is 135 cm³/mol. The number of nitrogens with one attached hydrogen (secondary N) is 1. The van der Waals surface area contributed by atoms with E-state index < -0.39 is 23.8 Å². The van der Waals surface area contributed by atoms with E-state index in [0.717, 1.165) is 17.1 Å². The lowest BCUT2D eigenvalue weighted by Gasteiger charge is -2.47. The number of hydrogen-bond acceptors (Lipinski definition) is 6. The Balaban J connectivity index is 1.39. The number of piperazine rings is 1. The summed E-state index contributed by atoms with van der Waals surface area (Å²) in [7, 11) is 0. The van der Waals surface area contributed by atoms with E-state index in [1.54, 1.807) is 13.1 Å². The highest BCUT2D eigenvalue weighted by molar-refractivity contribution is 5.93. The number of amides is 1. The van der Waals surface area contributed by atoms with Gasteiger partial charge < -0.3 is 19.9 Å². The first-order valence-corrected chi connectivity index (χ1v) is 12.5. The molecule has 0 unspecified atom stereocenters. The quantitative estimate of drug-likeness (QED) is 0.503. The summed E-state index contributed by atoms with van der Waals surface area (Å²) in [6, 6.07) is 9.38. The monoisotopic (exact) mass is 513 g/mol. The van der Waals surface area contributed by atoms with Crippen molar-refractivity contribution in [3.05, 3.63) is 59.5 Å². The minimum atomic E-state index is -2.89. The van der Waals surface area contributed by atoms with Crippen LogP contribution in [-0.4, -0.2) is 59.4 Å². The standard InChI is InChI=1S/C27H30F3N5O2/c1-15-11-34(12-16(2)35(15)27(36)18-13-37-14-18)19-7-8-23-22(9-19)24(10-31-33-23)32-17(3)20-5-4-6-21(25(20)28)26(29)30/h4-10,15-18,26H,11-14H2,1-3H3,(H,32,33)/t15-,16+,17-/m1/s1. The maximum Gasteiger partial charge on any atom is 0.266 e. The Morgan fingerprint density at radius 1 is 1.11 bits per heavy atom. The summed E-state index contributed by atoms with van der Waals surface area (Å²) in [5.41, 5.74) is 1.79. The molecule has 7 nitrogen and oxygen atoms in total. The van der Waals surface area contributed by atoms with E-state index in [2.05, 4.69) is 34.3 Å². The molecule has 3 heterocycles. The number of benzene rings is 2. The number of ether oxygens (including phenoxy) is 1. The van der Waals surface area contributed by atoms with E-state index in [1.807, 2.05) is 23.1 Å². The summed E-state index contributed by atoms with van der Waals surface area (Å²) in [4.78, 5) is 17.1. The molecule has 0 radical (unpaired) electrons. The molecule has 0 aliphatic carbocycles. The Labute approximate surface area is 213 Å². The van der Waals surface area contributed by atoms with Crippen LogP contribution < -0.4 is 10.2 Å². The van der Waals surface area contributed by atoms with E-state index >= 15 is 0 Å². The molecule has 0 saturated carbocycles. The molecule has 2 fully saturated rings. The van der Waals surface area contributed by atoms with Crippen LogP contribution >= 0.6 is 0 Å². The highest BCUT2D eigenvalue weighted by atomic mass is 19.3. The maximum absolute atomic E-state index is 14.7. The first-order chi connectivity index (χ1) is 17.7. The Morgan fingerprint density at radius 3 is 2.46 bits per heavy atom. The second-order valence-corrected chi connectivity index (χ2v) is 9.96. The minimum absolute atomic E-state index is 0.0332. The number of fused-ring (bicyclic) bond motifs is 1. The van der Waals surface area contributed by atoms with Gasteiger partial charge in [-0.1, -0.05) is 18.2 Å². The number of alkyl halides is 2. The smallest absolute Gasteiger partial charge is 0.266 e. The van der Waals surface area contributed by atoms with Crippen molar-refractivity contribution >= 4 is 28.2 Å². The molecule has 1 aromatic heterocycles.